The van der Waals surface area contributed by atoms with E-state index in [4.69, 9.17) is 0 Å². The Morgan fingerprint density at radius 2 is 2.00 bits per heavy atom. The lowest BCUT2D eigenvalue weighted by Gasteiger charge is -2.10. The molecule has 0 radical (unpaired) electrons. The van der Waals surface area contributed by atoms with Gasteiger partial charge in [0.15, 0.2) is 5.82 Å². The van der Waals surface area contributed by atoms with E-state index in [0.717, 1.165) is 11.1 Å². The number of carbonyl (C=O) groups excluding carboxylic acids is 1. The van der Waals surface area contributed by atoms with Gasteiger partial charge in [-0.25, -0.2) is 14.6 Å². The maximum Gasteiger partial charge on any atom is 0.224 e. The Hall–Kier alpha value is -3.22. The van der Waals surface area contributed by atoms with E-state index >= 15 is 0 Å². The third-order valence-corrected chi connectivity index (χ3v) is 3.76. The van der Waals surface area contributed by atoms with Crippen LogP contribution >= 0.6 is 0 Å². The minimum absolute atomic E-state index is 0.00787. The Morgan fingerprint density at radius 1 is 1.12 bits per heavy atom. The summed E-state index contributed by atoms with van der Waals surface area (Å²) in [6.07, 6.45) is 3.92. The summed E-state index contributed by atoms with van der Waals surface area (Å²) in [5.74, 6) is 2.07. The summed E-state index contributed by atoms with van der Waals surface area (Å²) in [6.45, 7) is 4.95. The average molecular weight is 350 g/mol. The van der Waals surface area contributed by atoms with Gasteiger partial charge in [-0.1, -0.05) is 29.8 Å². The molecule has 1 amide bonds. The van der Waals surface area contributed by atoms with Gasteiger partial charge in [-0.05, 0) is 25.5 Å². The lowest BCUT2D eigenvalue weighted by Crippen LogP contribution is -2.30. The van der Waals surface area contributed by atoms with E-state index in [9.17, 15) is 4.79 Å². The van der Waals surface area contributed by atoms with Crippen LogP contribution in [-0.2, 0) is 11.2 Å². The molecule has 26 heavy (non-hydrogen) atoms. The first-order chi connectivity index (χ1) is 12.6. The van der Waals surface area contributed by atoms with E-state index < -0.39 is 0 Å². The average Bonchev–Trinajstić information content (AvgIpc) is 3.13. The molecule has 134 valence electrons. The highest BCUT2D eigenvalue weighted by atomic mass is 16.1. The first-order valence-electron chi connectivity index (χ1n) is 8.52. The minimum atomic E-state index is 0.00787. The van der Waals surface area contributed by atoms with E-state index in [1.807, 2.05) is 56.4 Å². The summed E-state index contributed by atoms with van der Waals surface area (Å²) in [5.41, 5.74) is 2.18. The van der Waals surface area contributed by atoms with E-state index in [-0.39, 0.29) is 5.91 Å². The zero-order valence-corrected chi connectivity index (χ0v) is 14.9. The van der Waals surface area contributed by atoms with Crippen LogP contribution in [0.5, 0.6) is 0 Å². The van der Waals surface area contributed by atoms with Gasteiger partial charge in [-0.15, -0.1) is 0 Å². The number of benzene rings is 1. The Bertz CT molecular complexity index is 875. The number of rotatable bonds is 7. The minimum Gasteiger partial charge on any atom is -0.368 e. The normalized spacial score (nSPS) is 10.5. The molecule has 0 fully saturated rings. The largest absolute Gasteiger partial charge is 0.368 e. The third kappa shape index (κ3) is 4.89. The fourth-order valence-corrected chi connectivity index (χ4v) is 2.63. The molecule has 0 aliphatic carbocycles. The van der Waals surface area contributed by atoms with Crippen LogP contribution in [0.1, 0.15) is 17.0 Å². The van der Waals surface area contributed by atoms with Gasteiger partial charge in [0, 0.05) is 31.5 Å². The zero-order chi connectivity index (χ0) is 18.4. The molecule has 3 aromatic rings. The molecule has 0 spiro atoms. The van der Waals surface area contributed by atoms with Crippen LogP contribution in [0.4, 0.5) is 5.82 Å². The summed E-state index contributed by atoms with van der Waals surface area (Å²) >= 11 is 0. The van der Waals surface area contributed by atoms with Crippen LogP contribution in [0.15, 0.2) is 48.8 Å². The summed E-state index contributed by atoms with van der Waals surface area (Å²) in [6, 6.07) is 11.6. The maximum atomic E-state index is 12.0. The van der Waals surface area contributed by atoms with Gasteiger partial charge in [0.2, 0.25) is 5.91 Å². The van der Waals surface area contributed by atoms with E-state index in [1.54, 1.807) is 10.9 Å². The number of anilines is 1. The van der Waals surface area contributed by atoms with Gasteiger partial charge in [-0.3, -0.25) is 4.79 Å². The molecule has 0 aliphatic rings. The fraction of sp³-hybridized carbons (Fsp3) is 0.263. The second-order valence-corrected chi connectivity index (χ2v) is 6.05. The first-order valence-corrected chi connectivity index (χ1v) is 8.52. The van der Waals surface area contributed by atoms with Crippen LogP contribution in [-0.4, -0.2) is 38.7 Å². The molecule has 2 N–H and O–H groups in total. The van der Waals surface area contributed by atoms with Crippen molar-refractivity contribution in [3.8, 4) is 5.82 Å². The number of nitrogens with zero attached hydrogens (tertiary/aromatic N) is 4. The number of aromatic nitrogens is 4. The van der Waals surface area contributed by atoms with E-state index in [1.165, 1.54) is 0 Å². The number of carbonyl (C=O) groups is 1. The molecule has 2 aromatic heterocycles. The van der Waals surface area contributed by atoms with Gasteiger partial charge in [0.25, 0.3) is 0 Å². The van der Waals surface area contributed by atoms with Gasteiger partial charge in [0.05, 0.1) is 6.42 Å². The molecule has 0 saturated heterocycles. The van der Waals surface area contributed by atoms with Crippen LogP contribution in [0.2, 0.25) is 0 Å². The van der Waals surface area contributed by atoms with Crippen molar-refractivity contribution in [3.05, 3.63) is 65.7 Å². The highest BCUT2D eigenvalue weighted by Crippen LogP contribution is 2.09. The molecule has 7 nitrogen and oxygen atoms in total. The van der Waals surface area contributed by atoms with Gasteiger partial charge in [0.1, 0.15) is 11.6 Å². The smallest absolute Gasteiger partial charge is 0.224 e. The van der Waals surface area contributed by atoms with Gasteiger partial charge >= 0.3 is 0 Å². The topological polar surface area (TPSA) is 84.7 Å². The standard InChI is InChI=1S/C19H22N6O/c1-14-5-3-6-16(11-14)12-19(26)21-9-8-20-17-13-18(24-15(2)23-17)25-10-4-7-22-25/h3-7,10-11,13H,8-9,12H2,1-2H3,(H,21,26)(H,20,23,24). The van der Waals surface area contributed by atoms with Crippen molar-refractivity contribution in [3.63, 3.8) is 0 Å². The molecular weight excluding hydrogens is 328 g/mol. The molecule has 2 heterocycles. The molecule has 7 heteroatoms. The Kier molecular flexibility index (Phi) is 5.58. The predicted octanol–water partition coefficient (Wildman–Crippen LogP) is 2.05. The van der Waals surface area contributed by atoms with Crippen molar-refractivity contribution >= 4 is 11.7 Å². The summed E-state index contributed by atoms with van der Waals surface area (Å²) in [7, 11) is 0. The number of amides is 1. The van der Waals surface area contributed by atoms with Crippen LogP contribution in [0.25, 0.3) is 5.82 Å². The Morgan fingerprint density at radius 3 is 2.77 bits per heavy atom. The second-order valence-electron chi connectivity index (χ2n) is 6.05. The summed E-state index contributed by atoms with van der Waals surface area (Å²) < 4.78 is 1.68. The van der Waals surface area contributed by atoms with Crippen LogP contribution < -0.4 is 10.6 Å². The van der Waals surface area contributed by atoms with Crippen molar-refractivity contribution in [1.82, 2.24) is 25.1 Å². The van der Waals surface area contributed by atoms with Crippen molar-refractivity contribution in [1.29, 1.82) is 0 Å². The Labute approximate surface area is 152 Å². The van der Waals surface area contributed by atoms with Crippen molar-refractivity contribution in [2.24, 2.45) is 0 Å². The highest BCUT2D eigenvalue weighted by molar-refractivity contribution is 5.78. The molecule has 0 aliphatic heterocycles. The molecule has 3 rings (SSSR count). The molecule has 0 saturated carbocycles. The van der Waals surface area contributed by atoms with E-state index in [0.29, 0.717) is 37.0 Å². The monoisotopic (exact) mass is 350 g/mol. The molecular formula is C19H22N6O. The lowest BCUT2D eigenvalue weighted by atomic mass is 10.1. The van der Waals surface area contributed by atoms with Crippen molar-refractivity contribution < 1.29 is 4.79 Å². The molecule has 1 aromatic carbocycles. The molecule has 0 unspecified atom stereocenters. The number of hydrogen-bond donors (Lipinski definition) is 2. The van der Waals surface area contributed by atoms with E-state index in [2.05, 4.69) is 25.7 Å². The number of aryl methyl sites for hydroxylation is 2. The van der Waals surface area contributed by atoms with Gasteiger partial charge < -0.3 is 10.6 Å². The third-order valence-electron chi connectivity index (χ3n) is 3.76. The van der Waals surface area contributed by atoms with Crippen molar-refractivity contribution in [2.75, 3.05) is 18.4 Å². The molecule has 0 atom stereocenters. The van der Waals surface area contributed by atoms with Crippen molar-refractivity contribution in [2.45, 2.75) is 20.3 Å². The lowest BCUT2D eigenvalue weighted by molar-refractivity contribution is -0.120. The quantitative estimate of drug-likeness (QED) is 0.637. The number of hydrogen-bond acceptors (Lipinski definition) is 5. The van der Waals surface area contributed by atoms with Crippen LogP contribution in [0.3, 0.4) is 0 Å². The molecule has 0 bridgehead atoms. The first kappa shape index (κ1) is 17.6. The second kappa shape index (κ2) is 8.24. The highest BCUT2D eigenvalue weighted by Gasteiger charge is 2.05. The fourth-order valence-electron chi connectivity index (χ4n) is 2.63. The van der Waals surface area contributed by atoms with Gasteiger partial charge in [-0.2, -0.15) is 5.10 Å². The Balaban J connectivity index is 1.48. The number of nitrogens with one attached hydrogen (secondary N) is 2. The summed E-state index contributed by atoms with van der Waals surface area (Å²) in [5, 5.41) is 10.3. The predicted molar refractivity (Wildman–Crippen MR) is 100 cm³/mol. The summed E-state index contributed by atoms with van der Waals surface area (Å²) in [4.78, 5) is 20.8. The maximum absolute atomic E-state index is 12.0. The van der Waals surface area contributed by atoms with Crippen LogP contribution in [0, 0.1) is 13.8 Å². The SMILES string of the molecule is Cc1cccc(CC(=O)NCCNc2cc(-n3cccn3)nc(C)n2)c1. The zero-order valence-electron chi connectivity index (χ0n) is 14.9.